The van der Waals surface area contributed by atoms with Crippen molar-refractivity contribution >= 4 is 11.9 Å². The van der Waals surface area contributed by atoms with Crippen molar-refractivity contribution in [3.63, 3.8) is 0 Å². The number of esters is 1. The van der Waals surface area contributed by atoms with Crippen LogP contribution in [0.25, 0.3) is 0 Å². The van der Waals surface area contributed by atoms with E-state index in [4.69, 9.17) is 4.74 Å². The lowest BCUT2D eigenvalue weighted by Gasteiger charge is -2.24. The average molecular weight is 854 g/mol. The molecular formula is C55H99NO5. The van der Waals surface area contributed by atoms with Crippen molar-refractivity contribution in [2.75, 3.05) is 6.61 Å². The molecule has 354 valence electrons. The number of aliphatic hydroxyl groups excluding tert-OH is 2. The zero-order valence-electron chi connectivity index (χ0n) is 40.3. The summed E-state index contributed by atoms with van der Waals surface area (Å²) >= 11 is 0. The van der Waals surface area contributed by atoms with Crippen LogP contribution in [0.4, 0.5) is 0 Å². The molecule has 0 radical (unpaired) electrons. The number of hydrogen-bond acceptors (Lipinski definition) is 5. The summed E-state index contributed by atoms with van der Waals surface area (Å²) in [4.78, 5) is 26.1. The van der Waals surface area contributed by atoms with Gasteiger partial charge in [-0.25, -0.2) is 0 Å². The first-order valence-corrected chi connectivity index (χ1v) is 26.1. The second-order valence-corrected chi connectivity index (χ2v) is 17.7. The molecule has 0 spiro atoms. The van der Waals surface area contributed by atoms with Gasteiger partial charge in [-0.1, -0.05) is 255 Å². The van der Waals surface area contributed by atoms with Crippen molar-refractivity contribution < 1.29 is 24.5 Å². The Labute approximate surface area is 378 Å². The normalized spacial score (nSPS) is 13.7. The zero-order valence-corrected chi connectivity index (χ0v) is 40.3. The Balaban J connectivity index is 4.66. The first kappa shape index (κ1) is 58.6. The van der Waals surface area contributed by atoms with Crippen LogP contribution in [0.1, 0.15) is 252 Å². The number of unbranched alkanes of at least 4 members (excludes halogenated alkanes) is 28. The standard InChI is InChI=1S/C55H99NO5/c1-4-7-10-13-16-19-22-24-26-28-30-32-34-37-40-43-46-51(49-54(59)56-52(50-57)53(58)47-44-41-38-35-21-18-15-12-9-6-3)61-55(60)48-45-42-39-36-33-31-29-27-25-23-20-17-14-11-8-5-2/h10,13,16,19,22,24,26,28,30,32,51-53,57-58H,4-9,11-12,14-15,17-18,20-21,23,25,27,29,31,33-50H2,1-3H3,(H,56,59)/b13-10+,19-16+,24-22+,28-26+,32-30+. The van der Waals surface area contributed by atoms with Gasteiger partial charge in [0.2, 0.25) is 5.91 Å². The van der Waals surface area contributed by atoms with Gasteiger partial charge in [-0.05, 0) is 44.9 Å². The fourth-order valence-electron chi connectivity index (χ4n) is 7.76. The van der Waals surface area contributed by atoms with Gasteiger partial charge in [0.05, 0.1) is 25.2 Å². The van der Waals surface area contributed by atoms with Crippen molar-refractivity contribution in [1.29, 1.82) is 0 Å². The van der Waals surface area contributed by atoms with Gasteiger partial charge < -0.3 is 20.3 Å². The number of carbonyl (C=O) groups is 2. The number of amides is 1. The maximum absolute atomic E-state index is 13.2. The van der Waals surface area contributed by atoms with Gasteiger partial charge in [0.15, 0.2) is 0 Å². The summed E-state index contributed by atoms with van der Waals surface area (Å²) in [6, 6.07) is -0.715. The molecule has 3 atom stereocenters. The maximum Gasteiger partial charge on any atom is 0.306 e. The van der Waals surface area contributed by atoms with Crippen LogP contribution in [-0.2, 0) is 14.3 Å². The van der Waals surface area contributed by atoms with Gasteiger partial charge in [-0.2, -0.15) is 0 Å². The molecule has 0 aromatic carbocycles. The Morgan fingerprint density at radius 3 is 1.33 bits per heavy atom. The Morgan fingerprint density at radius 2 is 0.869 bits per heavy atom. The van der Waals surface area contributed by atoms with Gasteiger partial charge in [-0.3, -0.25) is 9.59 Å². The number of carbonyl (C=O) groups excluding carboxylic acids is 2. The summed E-state index contributed by atoms with van der Waals surface area (Å²) in [5.41, 5.74) is 0. The Bertz CT molecular complexity index is 1090. The molecule has 6 nitrogen and oxygen atoms in total. The molecular weight excluding hydrogens is 755 g/mol. The Hall–Kier alpha value is -2.44. The molecule has 0 heterocycles. The fourth-order valence-corrected chi connectivity index (χ4v) is 7.76. The number of rotatable bonds is 46. The van der Waals surface area contributed by atoms with E-state index in [1.807, 2.05) is 36.5 Å². The van der Waals surface area contributed by atoms with E-state index in [1.54, 1.807) is 0 Å². The highest BCUT2D eigenvalue weighted by molar-refractivity contribution is 5.77. The monoisotopic (exact) mass is 854 g/mol. The summed E-state index contributed by atoms with van der Waals surface area (Å²) in [6.07, 6.45) is 59.9. The summed E-state index contributed by atoms with van der Waals surface area (Å²) in [6.45, 7) is 6.38. The van der Waals surface area contributed by atoms with Crippen molar-refractivity contribution in [1.82, 2.24) is 5.32 Å². The molecule has 0 aliphatic heterocycles. The first-order chi connectivity index (χ1) is 30.0. The topological polar surface area (TPSA) is 95.9 Å². The predicted octanol–water partition coefficient (Wildman–Crippen LogP) is 15.6. The van der Waals surface area contributed by atoms with E-state index in [1.165, 1.54) is 135 Å². The van der Waals surface area contributed by atoms with Crippen LogP contribution in [0.15, 0.2) is 60.8 Å². The van der Waals surface area contributed by atoms with Crippen LogP contribution in [0.3, 0.4) is 0 Å². The van der Waals surface area contributed by atoms with E-state index >= 15 is 0 Å². The van der Waals surface area contributed by atoms with E-state index < -0.39 is 18.2 Å². The van der Waals surface area contributed by atoms with Gasteiger partial charge in [0, 0.05) is 6.42 Å². The Kier molecular flexibility index (Phi) is 46.6. The van der Waals surface area contributed by atoms with Crippen LogP contribution in [0, 0.1) is 0 Å². The predicted molar refractivity (Wildman–Crippen MR) is 264 cm³/mol. The second-order valence-electron chi connectivity index (χ2n) is 17.7. The highest BCUT2D eigenvalue weighted by Gasteiger charge is 2.24. The first-order valence-electron chi connectivity index (χ1n) is 26.1. The summed E-state index contributed by atoms with van der Waals surface area (Å²) in [5, 5.41) is 23.7. The molecule has 3 N–H and O–H groups in total. The lowest BCUT2D eigenvalue weighted by molar-refractivity contribution is -0.151. The number of ether oxygens (including phenoxy) is 1. The molecule has 0 fully saturated rings. The highest BCUT2D eigenvalue weighted by atomic mass is 16.5. The van der Waals surface area contributed by atoms with E-state index in [0.29, 0.717) is 19.3 Å². The molecule has 0 aliphatic carbocycles. The average Bonchev–Trinajstić information content (AvgIpc) is 3.25. The van der Waals surface area contributed by atoms with Crippen LogP contribution in [-0.4, -0.2) is 46.9 Å². The third-order valence-electron chi connectivity index (χ3n) is 11.7. The third kappa shape index (κ3) is 44.0. The molecule has 0 aromatic rings. The van der Waals surface area contributed by atoms with Gasteiger partial charge in [0.25, 0.3) is 0 Å². The molecule has 0 rings (SSSR count). The SMILES string of the molecule is CCC/C=C/C=C/C=C/C=C/C=C/CCCCCC(CC(=O)NC(CO)C(O)CCCCCCCCCCCC)OC(=O)CCCCCCCCCCCCCCCCCC. The van der Waals surface area contributed by atoms with Crippen molar-refractivity contribution in [2.24, 2.45) is 0 Å². The number of allylic oxidation sites excluding steroid dienone is 10. The minimum atomic E-state index is -0.799. The minimum Gasteiger partial charge on any atom is -0.462 e. The molecule has 0 bridgehead atoms. The number of aliphatic hydroxyl groups is 2. The van der Waals surface area contributed by atoms with Crippen molar-refractivity contribution in [3.05, 3.63) is 60.8 Å². The second kappa shape index (κ2) is 48.6. The molecule has 0 saturated heterocycles. The molecule has 61 heavy (non-hydrogen) atoms. The van der Waals surface area contributed by atoms with E-state index in [0.717, 1.165) is 70.6 Å². The number of hydrogen-bond donors (Lipinski definition) is 3. The van der Waals surface area contributed by atoms with Gasteiger partial charge in [0.1, 0.15) is 6.10 Å². The van der Waals surface area contributed by atoms with Crippen molar-refractivity contribution in [2.45, 2.75) is 270 Å². The van der Waals surface area contributed by atoms with Crippen LogP contribution < -0.4 is 5.32 Å². The molecule has 3 unspecified atom stereocenters. The Morgan fingerprint density at radius 1 is 0.475 bits per heavy atom. The van der Waals surface area contributed by atoms with Gasteiger partial charge >= 0.3 is 5.97 Å². The van der Waals surface area contributed by atoms with Gasteiger partial charge in [-0.15, -0.1) is 0 Å². The quantitative estimate of drug-likeness (QED) is 0.0322. The molecule has 0 aliphatic rings. The maximum atomic E-state index is 13.2. The smallest absolute Gasteiger partial charge is 0.306 e. The summed E-state index contributed by atoms with van der Waals surface area (Å²) in [5.74, 6) is -0.510. The van der Waals surface area contributed by atoms with Crippen molar-refractivity contribution in [3.8, 4) is 0 Å². The number of nitrogens with one attached hydrogen (secondary N) is 1. The van der Waals surface area contributed by atoms with Crippen LogP contribution in [0.5, 0.6) is 0 Å². The van der Waals surface area contributed by atoms with E-state index in [9.17, 15) is 19.8 Å². The molecule has 0 saturated carbocycles. The molecule has 6 heteroatoms. The molecule has 0 aromatic heterocycles. The third-order valence-corrected chi connectivity index (χ3v) is 11.7. The van der Waals surface area contributed by atoms with E-state index in [-0.39, 0.29) is 24.9 Å². The fraction of sp³-hybridized carbons (Fsp3) is 0.782. The zero-order chi connectivity index (χ0) is 44.5. The molecule has 1 amide bonds. The largest absolute Gasteiger partial charge is 0.462 e. The summed E-state index contributed by atoms with van der Waals surface area (Å²) < 4.78 is 5.92. The highest BCUT2D eigenvalue weighted by Crippen LogP contribution is 2.18. The minimum absolute atomic E-state index is 0.0502. The van der Waals surface area contributed by atoms with Crippen LogP contribution >= 0.6 is 0 Å². The lowest BCUT2D eigenvalue weighted by atomic mass is 10.0. The van der Waals surface area contributed by atoms with E-state index in [2.05, 4.69) is 50.4 Å². The lowest BCUT2D eigenvalue weighted by Crippen LogP contribution is -2.46. The van der Waals surface area contributed by atoms with Crippen LogP contribution in [0.2, 0.25) is 0 Å². The summed E-state index contributed by atoms with van der Waals surface area (Å²) in [7, 11) is 0.